The number of nitrogen functional groups attached to an aromatic ring is 1. The summed E-state index contributed by atoms with van der Waals surface area (Å²) < 4.78 is 12.4. The van der Waals surface area contributed by atoms with E-state index in [2.05, 4.69) is 4.98 Å². The van der Waals surface area contributed by atoms with Crippen molar-refractivity contribution in [3.63, 3.8) is 0 Å². The average molecular weight is 140 g/mol. The van der Waals surface area contributed by atoms with Gasteiger partial charge in [0.2, 0.25) is 0 Å². The molecule has 0 spiro atoms. The highest BCUT2D eigenvalue weighted by molar-refractivity contribution is 5.76. The van der Waals surface area contributed by atoms with Crippen molar-refractivity contribution < 1.29 is 9.18 Å². The Labute approximate surface area is 56.7 Å². The number of nitrogens with two attached hydrogens (primary N) is 1. The zero-order chi connectivity index (χ0) is 7.56. The van der Waals surface area contributed by atoms with Gasteiger partial charge in [-0.1, -0.05) is 0 Å². The molecular weight excluding hydrogens is 135 g/mol. The molecule has 1 aromatic heterocycles. The molecule has 0 aliphatic carbocycles. The van der Waals surface area contributed by atoms with Gasteiger partial charge in [0, 0.05) is 0 Å². The van der Waals surface area contributed by atoms with E-state index in [-0.39, 0.29) is 11.4 Å². The van der Waals surface area contributed by atoms with Gasteiger partial charge in [0.05, 0.1) is 11.8 Å². The van der Waals surface area contributed by atoms with E-state index in [0.717, 1.165) is 6.20 Å². The minimum absolute atomic E-state index is 0.0625. The van der Waals surface area contributed by atoms with Gasteiger partial charge in [0.25, 0.3) is 0 Å². The van der Waals surface area contributed by atoms with Gasteiger partial charge in [-0.25, -0.2) is 9.37 Å². The largest absolute Gasteiger partial charge is 0.384 e. The quantitative estimate of drug-likeness (QED) is 0.581. The molecular formula is C6H5FN2O. The number of aldehydes is 1. The summed E-state index contributed by atoms with van der Waals surface area (Å²) in [6, 6.07) is 1.18. The van der Waals surface area contributed by atoms with Gasteiger partial charge in [0.15, 0.2) is 12.1 Å². The number of hydrogen-bond donors (Lipinski definition) is 1. The summed E-state index contributed by atoms with van der Waals surface area (Å²) in [5, 5.41) is 0. The SMILES string of the molecule is Nc1cc(C=O)c(F)cn1. The van der Waals surface area contributed by atoms with Crippen LogP contribution in [0.25, 0.3) is 0 Å². The van der Waals surface area contributed by atoms with Crippen molar-refractivity contribution in [2.45, 2.75) is 0 Å². The summed E-state index contributed by atoms with van der Waals surface area (Å²) >= 11 is 0. The van der Waals surface area contributed by atoms with Gasteiger partial charge < -0.3 is 5.73 Å². The van der Waals surface area contributed by atoms with E-state index in [9.17, 15) is 9.18 Å². The third kappa shape index (κ3) is 1.10. The van der Waals surface area contributed by atoms with Crippen LogP contribution in [0.15, 0.2) is 12.3 Å². The van der Waals surface area contributed by atoms with E-state index in [0.29, 0.717) is 6.29 Å². The standard InChI is InChI=1S/C6H5FN2O/c7-5-2-9-6(8)1-4(5)3-10/h1-3H,(H2,8,9). The van der Waals surface area contributed by atoms with Crippen LogP contribution in [0.3, 0.4) is 0 Å². The van der Waals surface area contributed by atoms with Crippen molar-refractivity contribution in [2.24, 2.45) is 0 Å². The third-order valence-electron chi connectivity index (χ3n) is 1.03. The molecule has 0 atom stereocenters. The first-order chi connectivity index (χ1) is 4.74. The number of pyridine rings is 1. The second-order valence-corrected chi connectivity index (χ2v) is 1.75. The Hall–Kier alpha value is -1.45. The maximum absolute atomic E-state index is 12.4. The minimum Gasteiger partial charge on any atom is -0.384 e. The topological polar surface area (TPSA) is 56.0 Å². The van der Waals surface area contributed by atoms with Crippen LogP contribution in [0.5, 0.6) is 0 Å². The van der Waals surface area contributed by atoms with Gasteiger partial charge in [-0.05, 0) is 6.07 Å². The summed E-state index contributed by atoms with van der Waals surface area (Å²) in [5.74, 6) is -0.507. The highest BCUT2D eigenvalue weighted by Gasteiger charge is 1.99. The molecule has 10 heavy (non-hydrogen) atoms. The summed E-state index contributed by atoms with van der Waals surface area (Å²) in [5.41, 5.74) is 5.10. The fourth-order valence-corrected chi connectivity index (χ4v) is 0.562. The van der Waals surface area contributed by atoms with Crippen LogP contribution >= 0.6 is 0 Å². The van der Waals surface area contributed by atoms with Crippen molar-refractivity contribution in [1.82, 2.24) is 4.98 Å². The Kier molecular flexibility index (Phi) is 1.62. The zero-order valence-corrected chi connectivity index (χ0v) is 5.04. The molecule has 1 aromatic rings. The maximum atomic E-state index is 12.4. The lowest BCUT2D eigenvalue weighted by atomic mass is 10.3. The molecule has 3 nitrogen and oxygen atoms in total. The molecule has 0 saturated heterocycles. The fourth-order valence-electron chi connectivity index (χ4n) is 0.562. The molecule has 4 heteroatoms. The smallest absolute Gasteiger partial charge is 0.153 e. The molecule has 0 aliphatic rings. The number of carbonyl (C=O) groups excluding carboxylic acids is 1. The van der Waals surface area contributed by atoms with Crippen LogP contribution in [0.2, 0.25) is 0 Å². The van der Waals surface area contributed by atoms with E-state index in [4.69, 9.17) is 5.73 Å². The fraction of sp³-hybridized carbons (Fsp3) is 0. The van der Waals surface area contributed by atoms with E-state index >= 15 is 0 Å². The molecule has 0 bridgehead atoms. The van der Waals surface area contributed by atoms with Crippen LogP contribution in [-0.2, 0) is 0 Å². The first kappa shape index (κ1) is 6.67. The lowest BCUT2D eigenvalue weighted by Crippen LogP contribution is -1.94. The van der Waals surface area contributed by atoms with Gasteiger partial charge in [0.1, 0.15) is 5.82 Å². The van der Waals surface area contributed by atoms with Crippen molar-refractivity contribution in [2.75, 3.05) is 5.73 Å². The summed E-state index contributed by atoms with van der Waals surface area (Å²) in [6.07, 6.45) is 1.31. The number of anilines is 1. The Morgan fingerprint density at radius 3 is 2.90 bits per heavy atom. The first-order valence-corrected chi connectivity index (χ1v) is 2.60. The lowest BCUT2D eigenvalue weighted by molar-refractivity contribution is 0.111. The molecule has 0 unspecified atom stereocenters. The normalized spacial score (nSPS) is 9.30. The maximum Gasteiger partial charge on any atom is 0.153 e. The predicted molar refractivity (Wildman–Crippen MR) is 34.0 cm³/mol. The number of nitrogens with zero attached hydrogens (tertiary/aromatic N) is 1. The van der Waals surface area contributed by atoms with Crippen molar-refractivity contribution in [3.8, 4) is 0 Å². The highest BCUT2D eigenvalue weighted by Crippen LogP contribution is 2.05. The van der Waals surface area contributed by atoms with E-state index < -0.39 is 5.82 Å². The van der Waals surface area contributed by atoms with Crippen molar-refractivity contribution in [1.29, 1.82) is 0 Å². The van der Waals surface area contributed by atoms with Crippen LogP contribution < -0.4 is 5.73 Å². The number of aromatic nitrogens is 1. The van der Waals surface area contributed by atoms with Crippen molar-refractivity contribution >= 4 is 12.1 Å². The third-order valence-corrected chi connectivity index (χ3v) is 1.03. The molecule has 0 saturated carbocycles. The number of carbonyl (C=O) groups is 1. The number of halogens is 1. The highest BCUT2D eigenvalue weighted by atomic mass is 19.1. The molecule has 2 N–H and O–H groups in total. The Morgan fingerprint density at radius 1 is 1.70 bits per heavy atom. The predicted octanol–water partition coefficient (Wildman–Crippen LogP) is 0.615. The van der Waals surface area contributed by atoms with Gasteiger partial charge in [-0.2, -0.15) is 0 Å². The molecule has 0 aromatic carbocycles. The van der Waals surface area contributed by atoms with Crippen LogP contribution in [0, 0.1) is 5.82 Å². The van der Waals surface area contributed by atoms with E-state index in [1.807, 2.05) is 0 Å². The summed E-state index contributed by atoms with van der Waals surface area (Å²) in [6.45, 7) is 0. The zero-order valence-electron chi connectivity index (χ0n) is 5.04. The summed E-state index contributed by atoms with van der Waals surface area (Å²) in [4.78, 5) is 13.5. The van der Waals surface area contributed by atoms with Gasteiger partial charge in [-0.3, -0.25) is 4.79 Å². The van der Waals surface area contributed by atoms with Crippen LogP contribution in [0.1, 0.15) is 10.4 Å². The minimum atomic E-state index is -0.649. The number of hydrogen-bond acceptors (Lipinski definition) is 3. The molecule has 0 amide bonds. The monoisotopic (exact) mass is 140 g/mol. The van der Waals surface area contributed by atoms with Gasteiger partial charge in [-0.15, -0.1) is 0 Å². The van der Waals surface area contributed by atoms with E-state index in [1.54, 1.807) is 0 Å². The molecule has 0 aliphatic heterocycles. The molecule has 1 rings (SSSR count). The summed E-state index contributed by atoms with van der Waals surface area (Å²) in [7, 11) is 0. The van der Waals surface area contributed by atoms with Crippen molar-refractivity contribution in [3.05, 3.63) is 23.6 Å². The van der Waals surface area contributed by atoms with Gasteiger partial charge >= 0.3 is 0 Å². The molecule has 52 valence electrons. The molecule has 1 heterocycles. The molecule has 0 fully saturated rings. The first-order valence-electron chi connectivity index (χ1n) is 2.60. The Bertz CT molecular complexity index is 262. The van der Waals surface area contributed by atoms with E-state index in [1.165, 1.54) is 6.07 Å². The lowest BCUT2D eigenvalue weighted by Gasteiger charge is -1.93. The Morgan fingerprint density at radius 2 is 2.40 bits per heavy atom. The second kappa shape index (κ2) is 2.43. The number of rotatable bonds is 1. The van der Waals surface area contributed by atoms with Crippen LogP contribution in [0.4, 0.5) is 10.2 Å². The molecule has 0 radical (unpaired) electrons. The Balaban J connectivity index is 3.21. The van der Waals surface area contributed by atoms with Crippen LogP contribution in [-0.4, -0.2) is 11.3 Å². The average Bonchev–Trinajstić information content (AvgIpc) is 1.94. The second-order valence-electron chi connectivity index (χ2n) is 1.75.